The molecule has 0 aliphatic heterocycles. The quantitative estimate of drug-likeness (QED) is 0.642. The normalized spacial score (nSPS) is 13.8. The van der Waals surface area contributed by atoms with Gasteiger partial charge in [-0.15, -0.1) is 0 Å². The van der Waals surface area contributed by atoms with Crippen LogP contribution in [0.3, 0.4) is 0 Å². The van der Waals surface area contributed by atoms with Gasteiger partial charge in [0.1, 0.15) is 5.75 Å². The molecular weight excluding hydrogens is 300 g/mol. The molecule has 0 aromatic heterocycles. The van der Waals surface area contributed by atoms with Crippen LogP contribution >= 0.6 is 0 Å². The molecule has 24 heavy (non-hydrogen) atoms. The first kappa shape index (κ1) is 15.1. The number of methoxy groups -OCH3 is 3. The Morgan fingerprint density at radius 1 is 0.708 bits per heavy atom. The first-order chi connectivity index (χ1) is 11.8. The average molecular weight is 322 g/mol. The van der Waals surface area contributed by atoms with Crippen molar-refractivity contribution in [2.45, 2.75) is 25.7 Å². The molecule has 3 nitrogen and oxygen atoms in total. The molecule has 124 valence electrons. The number of benzene rings is 3. The molecule has 0 atom stereocenters. The summed E-state index contributed by atoms with van der Waals surface area (Å²) in [6.45, 7) is 0. The van der Waals surface area contributed by atoms with Crippen molar-refractivity contribution in [2.75, 3.05) is 21.3 Å². The van der Waals surface area contributed by atoms with Crippen LogP contribution in [0.5, 0.6) is 17.2 Å². The summed E-state index contributed by atoms with van der Waals surface area (Å²) in [5, 5.41) is 4.69. The minimum Gasteiger partial charge on any atom is -0.496 e. The van der Waals surface area contributed by atoms with Gasteiger partial charge in [-0.25, -0.2) is 0 Å². The van der Waals surface area contributed by atoms with Gasteiger partial charge < -0.3 is 14.2 Å². The van der Waals surface area contributed by atoms with E-state index in [0.717, 1.165) is 34.4 Å². The van der Waals surface area contributed by atoms with E-state index in [1.165, 1.54) is 41.2 Å². The van der Waals surface area contributed by atoms with Crippen molar-refractivity contribution >= 4 is 21.5 Å². The zero-order chi connectivity index (χ0) is 16.7. The number of rotatable bonds is 3. The smallest absolute Gasteiger partial charge is 0.172 e. The van der Waals surface area contributed by atoms with Crippen LogP contribution < -0.4 is 14.2 Å². The van der Waals surface area contributed by atoms with Crippen LogP contribution in [0.4, 0.5) is 0 Å². The molecule has 0 N–H and O–H groups in total. The van der Waals surface area contributed by atoms with Crippen LogP contribution in [0, 0.1) is 0 Å². The molecule has 0 fully saturated rings. The summed E-state index contributed by atoms with van der Waals surface area (Å²) in [5.74, 6) is 2.29. The van der Waals surface area contributed by atoms with E-state index in [0.29, 0.717) is 0 Å². The molecule has 1 aliphatic rings. The lowest BCUT2D eigenvalue weighted by atomic mass is 9.86. The van der Waals surface area contributed by atoms with Gasteiger partial charge >= 0.3 is 0 Å². The van der Waals surface area contributed by atoms with E-state index in [4.69, 9.17) is 14.2 Å². The predicted octanol–water partition coefficient (Wildman–Crippen LogP) is 4.90. The largest absolute Gasteiger partial charge is 0.496 e. The minimum atomic E-state index is 0.723. The van der Waals surface area contributed by atoms with Gasteiger partial charge in [-0.2, -0.15) is 0 Å². The Labute approximate surface area is 142 Å². The van der Waals surface area contributed by atoms with E-state index in [1.807, 2.05) is 6.07 Å². The second kappa shape index (κ2) is 5.90. The maximum atomic E-state index is 5.73. The van der Waals surface area contributed by atoms with E-state index < -0.39 is 0 Å². The summed E-state index contributed by atoms with van der Waals surface area (Å²) in [6, 6.07) is 10.8. The van der Waals surface area contributed by atoms with Gasteiger partial charge in [0.25, 0.3) is 0 Å². The highest BCUT2D eigenvalue weighted by Gasteiger charge is 2.19. The van der Waals surface area contributed by atoms with Crippen LogP contribution in [0.15, 0.2) is 30.3 Å². The highest BCUT2D eigenvalue weighted by molar-refractivity contribution is 6.14. The average Bonchev–Trinajstić information content (AvgIpc) is 2.65. The van der Waals surface area contributed by atoms with E-state index in [1.54, 1.807) is 21.3 Å². The van der Waals surface area contributed by atoms with E-state index in [-0.39, 0.29) is 0 Å². The fourth-order valence-electron chi connectivity index (χ4n) is 4.02. The first-order valence-corrected chi connectivity index (χ1v) is 8.44. The van der Waals surface area contributed by atoms with Crippen LogP contribution in [-0.4, -0.2) is 21.3 Å². The SMILES string of the molecule is COc1ccc2c(c(OC)cc3c4c(ccc32)CCCC4)c1OC. The maximum absolute atomic E-state index is 5.73. The minimum absolute atomic E-state index is 0.723. The highest BCUT2D eigenvalue weighted by Crippen LogP contribution is 2.45. The van der Waals surface area contributed by atoms with Gasteiger partial charge in [0.2, 0.25) is 0 Å². The van der Waals surface area contributed by atoms with E-state index in [2.05, 4.69) is 24.3 Å². The number of aryl methyl sites for hydroxylation is 2. The summed E-state index contributed by atoms with van der Waals surface area (Å²) in [6.07, 6.45) is 4.87. The summed E-state index contributed by atoms with van der Waals surface area (Å²) < 4.78 is 16.8. The number of hydrogen-bond donors (Lipinski definition) is 0. The topological polar surface area (TPSA) is 27.7 Å². The molecule has 0 saturated heterocycles. The van der Waals surface area contributed by atoms with Gasteiger partial charge in [-0.3, -0.25) is 0 Å². The van der Waals surface area contributed by atoms with Gasteiger partial charge in [0.15, 0.2) is 11.5 Å². The fourth-order valence-corrected chi connectivity index (χ4v) is 4.02. The zero-order valence-corrected chi connectivity index (χ0v) is 14.4. The van der Waals surface area contributed by atoms with Crippen molar-refractivity contribution in [1.29, 1.82) is 0 Å². The lowest BCUT2D eigenvalue weighted by molar-refractivity contribution is 0.356. The van der Waals surface area contributed by atoms with E-state index in [9.17, 15) is 0 Å². The number of fused-ring (bicyclic) bond motifs is 5. The van der Waals surface area contributed by atoms with Crippen LogP contribution in [0.2, 0.25) is 0 Å². The lowest BCUT2D eigenvalue weighted by Gasteiger charge is -2.21. The van der Waals surface area contributed by atoms with Crippen molar-refractivity contribution in [3.05, 3.63) is 41.5 Å². The Hall–Kier alpha value is -2.42. The summed E-state index contributed by atoms with van der Waals surface area (Å²) in [4.78, 5) is 0. The number of ether oxygens (including phenoxy) is 3. The van der Waals surface area contributed by atoms with Crippen LogP contribution in [0.25, 0.3) is 21.5 Å². The molecule has 0 amide bonds. The molecule has 4 rings (SSSR count). The Bertz CT molecular complexity index is 928. The van der Waals surface area contributed by atoms with Crippen molar-refractivity contribution in [1.82, 2.24) is 0 Å². The molecule has 1 aliphatic carbocycles. The van der Waals surface area contributed by atoms with Crippen molar-refractivity contribution in [2.24, 2.45) is 0 Å². The summed E-state index contributed by atoms with van der Waals surface area (Å²) in [5.41, 5.74) is 2.96. The molecule has 0 spiro atoms. The fraction of sp³-hybridized carbons (Fsp3) is 0.333. The van der Waals surface area contributed by atoms with Crippen LogP contribution in [0.1, 0.15) is 24.0 Å². The molecule has 3 aromatic rings. The molecule has 3 aromatic carbocycles. The standard InChI is InChI=1S/C21H22O3/c1-22-18-11-10-16-15-9-8-13-6-4-5-7-14(13)17(15)12-19(23-2)20(16)21(18)24-3/h8-12H,4-7H2,1-3H3. The Balaban J connectivity index is 2.15. The molecular formula is C21H22O3. The lowest BCUT2D eigenvalue weighted by Crippen LogP contribution is -2.03. The highest BCUT2D eigenvalue weighted by atomic mass is 16.5. The summed E-state index contributed by atoms with van der Waals surface area (Å²) >= 11 is 0. The predicted molar refractivity (Wildman–Crippen MR) is 97.8 cm³/mol. The second-order valence-corrected chi connectivity index (χ2v) is 6.31. The van der Waals surface area contributed by atoms with Crippen molar-refractivity contribution < 1.29 is 14.2 Å². The summed E-state index contributed by atoms with van der Waals surface area (Å²) in [7, 11) is 5.05. The van der Waals surface area contributed by atoms with Crippen molar-refractivity contribution in [3.63, 3.8) is 0 Å². The Kier molecular flexibility index (Phi) is 3.72. The molecule has 0 saturated carbocycles. The monoisotopic (exact) mass is 322 g/mol. The van der Waals surface area contributed by atoms with Gasteiger partial charge in [-0.1, -0.05) is 12.1 Å². The Morgan fingerprint density at radius 3 is 2.21 bits per heavy atom. The molecule has 0 radical (unpaired) electrons. The molecule has 0 heterocycles. The molecule has 3 heteroatoms. The van der Waals surface area contributed by atoms with Crippen LogP contribution in [-0.2, 0) is 12.8 Å². The maximum Gasteiger partial charge on any atom is 0.172 e. The second-order valence-electron chi connectivity index (χ2n) is 6.31. The van der Waals surface area contributed by atoms with Gasteiger partial charge in [0, 0.05) is 0 Å². The molecule has 0 unspecified atom stereocenters. The van der Waals surface area contributed by atoms with Gasteiger partial charge in [-0.05, 0) is 71.2 Å². The first-order valence-electron chi connectivity index (χ1n) is 8.44. The third-order valence-electron chi connectivity index (χ3n) is 5.15. The zero-order valence-electron chi connectivity index (χ0n) is 14.4. The Morgan fingerprint density at radius 2 is 1.46 bits per heavy atom. The van der Waals surface area contributed by atoms with Crippen molar-refractivity contribution in [3.8, 4) is 17.2 Å². The third-order valence-corrected chi connectivity index (χ3v) is 5.15. The third kappa shape index (κ3) is 2.11. The van der Waals surface area contributed by atoms with E-state index >= 15 is 0 Å². The molecule has 0 bridgehead atoms. The van der Waals surface area contributed by atoms with Gasteiger partial charge in [0.05, 0.1) is 26.7 Å². The number of hydrogen-bond acceptors (Lipinski definition) is 3.